The van der Waals surface area contributed by atoms with Gasteiger partial charge in [0.05, 0.1) is 11.6 Å². The third-order valence-electron chi connectivity index (χ3n) is 6.37. The van der Waals surface area contributed by atoms with Crippen molar-refractivity contribution in [1.82, 2.24) is 4.98 Å². The van der Waals surface area contributed by atoms with Crippen LogP contribution in [0.2, 0.25) is 0 Å². The Morgan fingerprint density at radius 1 is 1.16 bits per heavy atom. The number of anilines is 2. The molecule has 0 spiro atoms. The molecular formula is C25H23F4N4O3S-. The lowest BCUT2D eigenvalue weighted by atomic mass is 9.91. The number of amides is 1. The van der Waals surface area contributed by atoms with Gasteiger partial charge in [0.2, 0.25) is 5.91 Å². The molecule has 1 amide bonds. The van der Waals surface area contributed by atoms with Gasteiger partial charge in [0, 0.05) is 31.4 Å². The molecule has 4 rings (SSSR count). The van der Waals surface area contributed by atoms with Gasteiger partial charge in [-0.3, -0.25) is 9.00 Å². The van der Waals surface area contributed by atoms with E-state index in [9.17, 15) is 31.1 Å². The Hall–Kier alpha value is -3.51. The zero-order valence-corrected chi connectivity index (χ0v) is 20.5. The van der Waals surface area contributed by atoms with E-state index in [4.69, 9.17) is 5.73 Å². The van der Waals surface area contributed by atoms with Crippen molar-refractivity contribution in [1.29, 1.82) is 0 Å². The monoisotopic (exact) mass is 535 g/mol. The van der Waals surface area contributed by atoms with Gasteiger partial charge in [-0.25, -0.2) is 9.37 Å². The second-order valence-electron chi connectivity index (χ2n) is 8.72. The van der Waals surface area contributed by atoms with Crippen LogP contribution in [-0.2, 0) is 41.7 Å². The summed E-state index contributed by atoms with van der Waals surface area (Å²) >= 11 is -2.69. The standard InChI is InChI=1S/C25H24F4N4O3S/c1-32(37(35)36)21-10-7-16(12-20(21)26)19(23(30)34)9-6-15-8-11-22(25(27,28)29)31-24(15)33-13-17-4-2-3-5-18(17)14-33/h2-5,7-8,10-12,19H,6,9,13-14H2,1H3,(H2,30,34)(H,35,36)/p-1. The summed E-state index contributed by atoms with van der Waals surface area (Å²) in [5.74, 6) is -2.40. The maximum Gasteiger partial charge on any atom is 0.433 e. The van der Waals surface area contributed by atoms with Crippen LogP contribution in [0.25, 0.3) is 0 Å². The van der Waals surface area contributed by atoms with Crippen molar-refractivity contribution in [3.05, 3.63) is 88.4 Å². The Morgan fingerprint density at radius 3 is 2.35 bits per heavy atom. The lowest BCUT2D eigenvalue weighted by Crippen LogP contribution is -2.24. The number of aryl methyl sites for hydroxylation is 1. The Bertz CT molecular complexity index is 1330. The maximum absolute atomic E-state index is 14.6. The largest absolute Gasteiger partial charge is 0.755 e. The van der Waals surface area contributed by atoms with E-state index >= 15 is 0 Å². The molecule has 0 saturated heterocycles. The third-order valence-corrected chi connectivity index (χ3v) is 7.01. The average molecular weight is 536 g/mol. The number of alkyl halides is 3. The van der Waals surface area contributed by atoms with Gasteiger partial charge in [-0.1, -0.05) is 36.4 Å². The quantitative estimate of drug-likeness (QED) is 0.344. The van der Waals surface area contributed by atoms with E-state index in [0.29, 0.717) is 23.0 Å². The summed E-state index contributed by atoms with van der Waals surface area (Å²) in [6, 6.07) is 13.4. The van der Waals surface area contributed by atoms with E-state index in [1.165, 1.54) is 25.2 Å². The van der Waals surface area contributed by atoms with Gasteiger partial charge in [-0.2, -0.15) is 13.2 Å². The van der Waals surface area contributed by atoms with Crippen LogP contribution in [0.5, 0.6) is 0 Å². The SMILES string of the molecule is CN(c1ccc(C(CCc2ccc(C(F)(F)F)nc2N2Cc3ccccc3C2)C(N)=O)cc1F)S(=O)[O-]. The maximum atomic E-state index is 14.6. The van der Waals surface area contributed by atoms with E-state index in [-0.39, 0.29) is 29.9 Å². The third kappa shape index (κ3) is 5.75. The Labute approximate surface area is 213 Å². The first-order valence-electron chi connectivity index (χ1n) is 11.3. The lowest BCUT2D eigenvalue weighted by molar-refractivity contribution is -0.141. The molecule has 2 N–H and O–H groups in total. The lowest BCUT2D eigenvalue weighted by Gasteiger charge is -2.24. The first kappa shape index (κ1) is 26.6. The van der Waals surface area contributed by atoms with E-state index in [1.807, 2.05) is 24.3 Å². The molecule has 0 saturated carbocycles. The van der Waals surface area contributed by atoms with E-state index in [1.54, 1.807) is 4.90 Å². The number of nitrogens with two attached hydrogens (primary N) is 1. The highest BCUT2D eigenvalue weighted by molar-refractivity contribution is 7.80. The normalized spacial score (nSPS) is 14.8. The van der Waals surface area contributed by atoms with Gasteiger partial charge < -0.3 is 19.5 Å². The number of hydrogen-bond acceptors (Lipinski definition) is 5. The number of fused-ring (bicyclic) bond motifs is 1. The highest BCUT2D eigenvalue weighted by Gasteiger charge is 2.34. The minimum absolute atomic E-state index is 0.0816. The molecule has 2 atom stereocenters. The van der Waals surface area contributed by atoms with Gasteiger partial charge in [-0.15, -0.1) is 0 Å². The first-order valence-corrected chi connectivity index (χ1v) is 12.3. The smallest absolute Gasteiger partial charge is 0.433 e. The molecule has 2 aromatic carbocycles. The number of primary amides is 1. The summed E-state index contributed by atoms with van der Waals surface area (Å²) in [5, 5.41) is 0. The number of carbonyl (C=O) groups is 1. The Kier molecular flexibility index (Phi) is 7.51. The van der Waals surface area contributed by atoms with E-state index < -0.39 is 40.8 Å². The molecule has 2 heterocycles. The van der Waals surface area contributed by atoms with E-state index in [0.717, 1.165) is 23.3 Å². The van der Waals surface area contributed by atoms with Crippen LogP contribution in [0.15, 0.2) is 54.6 Å². The zero-order chi connectivity index (χ0) is 26.9. The van der Waals surface area contributed by atoms with Crippen molar-refractivity contribution in [2.24, 2.45) is 5.73 Å². The molecule has 0 radical (unpaired) electrons. The van der Waals surface area contributed by atoms with Crippen LogP contribution in [0.1, 0.15) is 40.3 Å². The molecule has 1 aliphatic rings. The molecule has 37 heavy (non-hydrogen) atoms. The molecule has 0 aliphatic carbocycles. The molecule has 7 nitrogen and oxygen atoms in total. The summed E-state index contributed by atoms with van der Waals surface area (Å²) in [6.07, 6.45) is -4.40. The van der Waals surface area contributed by atoms with Crippen LogP contribution in [0.4, 0.5) is 29.1 Å². The topological polar surface area (TPSA) is 103 Å². The average Bonchev–Trinajstić information content (AvgIpc) is 3.27. The van der Waals surface area contributed by atoms with Crippen molar-refractivity contribution in [2.75, 3.05) is 16.3 Å². The molecule has 3 aromatic rings. The Morgan fingerprint density at radius 2 is 1.81 bits per heavy atom. The summed E-state index contributed by atoms with van der Waals surface area (Å²) < 4.78 is 77.9. The minimum Gasteiger partial charge on any atom is -0.755 e. The molecule has 2 unspecified atom stereocenters. The van der Waals surface area contributed by atoms with E-state index in [2.05, 4.69) is 4.98 Å². The summed E-state index contributed by atoms with van der Waals surface area (Å²) in [6.45, 7) is 0.774. The number of rotatable bonds is 8. The molecule has 0 bridgehead atoms. The van der Waals surface area contributed by atoms with Gasteiger partial charge in [0.1, 0.15) is 17.3 Å². The fourth-order valence-electron chi connectivity index (χ4n) is 4.44. The number of carbonyl (C=O) groups excluding carboxylic acids is 1. The van der Waals surface area contributed by atoms with Crippen molar-refractivity contribution < 1.29 is 31.1 Å². The predicted molar refractivity (Wildman–Crippen MR) is 130 cm³/mol. The van der Waals surface area contributed by atoms with Gasteiger partial charge in [0.15, 0.2) is 0 Å². The number of nitrogens with zero attached hydrogens (tertiary/aromatic N) is 3. The van der Waals surface area contributed by atoms with Crippen LogP contribution in [0.3, 0.4) is 0 Å². The van der Waals surface area contributed by atoms with Gasteiger partial charge in [0.25, 0.3) is 0 Å². The van der Waals surface area contributed by atoms with Crippen molar-refractivity contribution >= 4 is 28.7 Å². The number of hydrogen-bond donors (Lipinski definition) is 1. The van der Waals surface area contributed by atoms with Crippen molar-refractivity contribution in [2.45, 2.75) is 38.0 Å². The number of aromatic nitrogens is 1. The van der Waals surface area contributed by atoms with Crippen LogP contribution < -0.4 is 14.9 Å². The van der Waals surface area contributed by atoms with Crippen LogP contribution in [-0.4, -0.2) is 26.7 Å². The molecule has 12 heteroatoms. The second kappa shape index (κ2) is 10.5. The molecule has 1 aliphatic heterocycles. The molecular weight excluding hydrogens is 512 g/mol. The highest BCUT2D eigenvalue weighted by Crippen LogP contribution is 2.35. The molecule has 0 fully saturated rings. The van der Waals surface area contributed by atoms with Crippen LogP contribution >= 0.6 is 0 Å². The van der Waals surface area contributed by atoms with Crippen LogP contribution in [0, 0.1) is 5.82 Å². The molecule has 196 valence electrons. The second-order valence-corrected chi connectivity index (χ2v) is 9.70. The molecule has 1 aromatic heterocycles. The van der Waals surface area contributed by atoms with Crippen molar-refractivity contribution in [3.63, 3.8) is 0 Å². The zero-order valence-electron chi connectivity index (χ0n) is 19.7. The van der Waals surface area contributed by atoms with Crippen molar-refractivity contribution in [3.8, 4) is 0 Å². The van der Waals surface area contributed by atoms with Gasteiger partial charge in [-0.05, 0) is 53.3 Å². The number of benzene rings is 2. The summed E-state index contributed by atoms with van der Waals surface area (Å²) in [5.41, 5.74) is 7.05. The fourth-order valence-corrected chi connectivity index (χ4v) is 4.74. The van der Waals surface area contributed by atoms with Gasteiger partial charge >= 0.3 is 6.18 Å². The first-order chi connectivity index (χ1) is 17.5. The number of halogens is 4. The summed E-state index contributed by atoms with van der Waals surface area (Å²) in [4.78, 5) is 17.9. The highest BCUT2D eigenvalue weighted by atomic mass is 32.2. The fraction of sp³-hybridized carbons (Fsp3) is 0.280. The summed E-state index contributed by atoms with van der Waals surface area (Å²) in [7, 11) is 1.17. The Balaban J connectivity index is 1.62. The number of pyridine rings is 1. The minimum atomic E-state index is -4.63. The predicted octanol–water partition coefficient (Wildman–Crippen LogP) is 4.19.